The summed E-state index contributed by atoms with van der Waals surface area (Å²) in [6.45, 7) is 1.45. The smallest absolute Gasteiger partial charge is 0.292 e. The van der Waals surface area contributed by atoms with Gasteiger partial charge in [-0.3, -0.25) is 14.9 Å². The van der Waals surface area contributed by atoms with Crippen LogP contribution in [0.5, 0.6) is 5.75 Å². The largest absolute Gasteiger partial charge is 0.479 e. The van der Waals surface area contributed by atoms with E-state index in [9.17, 15) is 19.3 Å². The Morgan fingerprint density at radius 2 is 2.04 bits per heavy atom. The van der Waals surface area contributed by atoms with Gasteiger partial charge in [-0.05, 0) is 31.2 Å². The zero-order chi connectivity index (χ0) is 17.0. The van der Waals surface area contributed by atoms with Gasteiger partial charge in [0.15, 0.2) is 6.10 Å². The summed E-state index contributed by atoms with van der Waals surface area (Å²) in [4.78, 5) is 22.4. The molecular weight excluding hydrogens is 327 g/mol. The molecular formula is C15H12ClFN2O4. The average Bonchev–Trinajstić information content (AvgIpc) is 2.50. The molecule has 0 aliphatic heterocycles. The number of hydrogen-bond acceptors (Lipinski definition) is 4. The van der Waals surface area contributed by atoms with E-state index < -0.39 is 22.8 Å². The summed E-state index contributed by atoms with van der Waals surface area (Å²) in [5.41, 5.74) is -0.170. The van der Waals surface area contributed by atoms with Crippen LogP contribution in [-0.2, 0) is 4.79 Å². The number of nitrogens with one attached hydrogen (secondary N) is 1. The van der Waals surface area contributed by atoms with Gasteiger partial charge in [0.05, 0.1) is 9.95 Å². The summed E-state index contributed by atoms with van der Waals surface area (Å²) in [5, 5.41) is 13.4. The summed E-state index contributed by atoms with van der Waals surface area (Å²) in [5.74, 6) is -0.989. The highest BCUT2D eigenvalue weighted by Crippen LogP contribution is 2.27. The average molecular weight is 339 g/mol. The van der Waals surface area contributed by atoms with Gasteiger partial charge in [-0.15, -0.1) is 0 Å². The Balaban J connectivity index is 2.10. The molecule has 23 heavy (non-hydrogen) atoms. The van der Waals surface area contributed by atoms with Crippen LogP contribution in [-0.4, -0.2) is 16.9 Å². The molecule has 0 saturated heterocycles. The molecule has 1 atom stereocenters. The van der Waals surface area contributed by atoms with Crippen LogP contribution < -0.4 is 10.1 Å². The molecule has 0 fully saturated rings. The lowest BCUT2D eigenvalue weighted by Crippen LogP contribution is -2.30. The molecule has 0 bridgehead atoms. The molecule has 0 aliphatic carbocycles. The monoisotopic (exact) mass is 338 g/mol. The molecule has 0 spiro atoms. The maximum absolute atomic E-state index is 13.0. The first kappa shape index (κ1) is 16.7. The lowest BCUT2D eigenvalue weighted by Gasteiger charge is -2.15. The van der Waals surface area contributed by atoms with Crippen molar-refractivity contribution < 1.29 is 18.8 Å². The fourth-order valence-corrected chi connectivity index (χ4v) is 2.00. The number of hydrogen-bond donors (Lipinski definition) is 1. The van der Waals surface area contributed by atoms with E-state index >= 15 is 0 Å². The van der Waals surface area contributed by atoms with Crippen molar-refractivity contribution in [3.63, 3.8) is 0 Å². The van der Waals surface area contributed by atoms with Crippen LogP contribution in [0.25, 0.3) is 0 Å². The first-order valence-corrected chi connectivity index (χ1v) is 6.92. The molecule has 0 radical (unpaired) electrons. The number of halogens is 2. The summed E-state index contributed by atoms with van der Waals surface area (Å²) in [6.07, 6.45) is -0.988. The van der Waals surface area contributed by atoms with Crippen molar-refractivity contribution in [2.45, 2.75) is 13.0 Å². The van der Waals surface area contributed by atoms with Gasteiger partial charge < -0.3 is 10.1 Å². The fraction of sp³-hybridized carbons (Fsp3) is 0.133. The normalized spacial score (nSPS) is 11.6. The number of ether oxygens (including phenoxy) is 1. The number of rotatable bonds is 5. The fourth-order valence-electron chi connectivity index (χ4n) is 1.79. The second-order valence-electron chi connectivity index (χ2n) is 4.60. The number of anilines is 1. The van der Waals surface area contributed by atoms with Crippen molar-refractivity contribution in [2.75, 3.05) is 5.32 Å². The molecule has 2 aromatic rings. The SMILES string of the molecule is C[C@H](Oc1ccc(F)cc1Cl)C(=O)Nc1ccccc1[N+](=O)[O-]. The van der Waals surface area contributed by atoms with E-state index in [1.807, 2.05) is 0 Å². The number of nitro benzene ring substituents is 1. The molecule has 120 valence electrons. The third-order valence-electron chi connectivity index (χ3n) is 2.93. The Bertz CT molecular complexity index is 754. The van der Waals surface area contributed by atoms with E-state index in [0.717, 1.165) is 12.1 Å². The standard InChI is InChI=1S/C15H12ClFN2O4/c1-9(23-14-7-6-10(17)8-11(14)16)15(20)18-12-4-2-3-5-13(12)19(21)22/h2-9H,1H3,(H,18,20)/t9-/m0/s1. The number of benzene rings is 2. The van der Waals surface area contributed by atoms with E-state index in [0.29, 0.717) is 0 Å². The van der Waals surface area contributed by atoms with Crippen LogP contribution in [0.2, 0.25) is 5.02 Å². The van der Waals surface area contributed by atoms with Crippen LogP contribution in [0.1, 0.15) is 6.92 Å². The summed E-state index contributed by atoms with van der Waals surface area (Å²) < 4.78 is 18.3. The van der Waals surface area contributed by atoms with E-state index in [4.69, 9.17) is 16.3 Å². The van der Waals surface area contributed by atoms with Crippen molar-refractivity contribution in [1.82, 2.24) is 0 Å². The molecule has 1 amide bonds. The molecule has 0 unspecified atom stereocenters. The highest BCUT2D eigenvalue weighted by molar-refractivity contribution is 6.32. The number of nitro groups is 1. The van der Waals surface area contributed by atoms with Crippen LogP contribution in [0.15, 0.2) is 42.5 Å². The lowest BCUT2D eigenvalue weighted by atomic mass is 10.2. The molecule has 0 heterocycles. The molecule has 0 aliphatic rings. The number of amides is 1. The van der Waals surface area contributed by atoms with Gasteiger partial charge in [-0.25, -0.2) is 4.39 Å². The Morgan fingerprint density at radius 3 is 2.70 bits per heavy atom. The molecule has 6 nitrogen and oxygen atoms in total. The molecule has 1 N–H and O–H groups in total. The van der Waals surface area contributed by atoms with E-state index in [1.54, 1.807) is 6.07 Å². The quantitative estimate of drug-likeness (QED) is 0.664. The minimum atomic E-state index is -0.988. The van der Waals surface area contributed by atoms with Crippen LogP contribution >= 0.6 is 11.6 Å². The van der Waals surface area contributed by atoms with Crippen LogP contribution in [0.3, 0.4) is 0 Å². The van der Waals surface area contributed by atoms with Gasteiger partial charge in [-0.1, -0.05) is 23.7 Å². The van der Waals surface area contributed by atoms with Crippen molar-refractivity contribution in [3.05, 3.63) is 63.4 Å². The van der Waals surface area contributed by atoms with Gasteiger partial charge in [-0.2, -0.15) is 0 Å². The number of nitrogens with zero attached hydrogens (tertiary/aromatic N) is 1. The van der Waals surface area contributed by atoms with Gasteiger partial charge in [0.2, 0.25) is 0 Å². The highest BCUT2D eigenvalue weighted by atomic mass is 35.5. The minimum Gasteiger partial charge on any atom is -0.479 e. The van der Waals surface area contributed by atoms with Gasteiger partial charge in [0.1, 0.15) is 17.3 Å². The maximum atomic E-state index is 13.0. The molecule has 2 aromatic carbocycles. The van der Waals surface area contributed by atoms with Crippen LogP contribution in [0.4, 0.5) is 15.8 Å². The van der Waals surface area contributed by atoms with Crippen molar-refractivity contribution in [2.24, 2.45) is 0 Å². The van der Waals surface area contributed by atoms with Crippen molar-refractivity contribution in [1.29, 1.82) is 0 Å². The Morgan fingerprint density at radius 1 is 1.35 bits per heavy atom. The lowest BCUT2D eigenvalue weighted by molar-refractivity contribution is -0.383. The molecule has 8 heteroatoms. The van der Waals surface area contributed by atoms with Gasteiger partial charge in [0.25, 0.3) is 11.6 Å². The minimum absolute atomic E-state index is 0.0235. The Kier molecular flexibility index (Phi) is 5.13. The Labute approximate surface area is 136 Å². The van der Waals surface area contributed by atoms with E-state index in [2.05, 4.69) is 5.32 Å². The van der Waals surface area contributed by atoms with E-state index in [-0.39, 0.29) is 22.1 Å². The number of carbonyl (C=O) groups is 1. The second-order valence-corrected chi connectivity index (χ2v) is 5.01. The van der Waals surface area contributed by atoms with Crippen molar-refractivity contribution >= 4 is 28.9 Å². The second kappa shape index (κ2) is 7.06. The molecule has 0 saturated carbocycles. The topological polar surface area (TPSA) is 81.5 Å². The van der Waals surface area contributed by atoms with Gasteiger partial charge in [0, 0.05) is 6.07 Å². The molecule has 0 aromatic heterocycles. The highest BCUT2D eigenvalue weighted by Gasteiger charge is 2.20. The summed E-state index contributed by atoms with van der Waals surface area (Å²) in [7, 11) is 0. The van der Waals surface area contributed by atoms with Gasteiger partial charge >= 0.3 is 0 Å². The third kappa shape index (κ3) is 4.17. The Hall–Kier alpha value is -2.67. The predicted molar refractivity (Wildman–Crippen MR) is 83.2 cm³/mol. The number of carbonyl (C=O) groups excluding carboxylic acids is 1. The van der Waals surface area contributed by atoms with E-state index in [1.165, 1.54) is 31.2 Å². The summed E-state index contributed by atoms with van der Waals surface area (Å²) in [6, 6.07) is 9.24. The molecule has 2 rings (SSSR count). The maximum Gasteiger partial charge on any atom is 0.292 e. The first-order chi connectivity index (χ1) is 10.9. The summed E-state index contributed by atoms with van der Waals surface area (Å²) >= 11 is 5.82. The number of para-hydroxylation sites is 2. The zero-order valence-corrected chi connectivity index (χ0v) is 12.7. The van der Waals surface area contributed by atoms with Crippen LogP contribution in [0, 0.1) is 15.9 Å². The first-order valence-electron chi connectivity index (χ1n) is 6.54. The predicted octanol–water partition coefficient (Wildman–Crippen LogP) is 3.79. The third-order valence-corrected chi connectivity index (χ3v) is 3.22. The van der Waals surface area contributed by atoms with Crippen molar-refractivity contribution in [3.8, 4) is 5.75 Å². The zero-order valence-electron chi connectivity index (χ0n) is 12.0.